The van der Waals surface area contributed by atoms with Crippen molar-refractivity contribution in [3.63, 3.8) is 0 Å². The van der Waals surface area contributed by atoms with E-state index in [-0.39, 0.29) is 5.54 Å². The van der Waals surface area contributed by atoms with Crippen molar-refractivity contribution in [2.24, 2.45) is 0 Å². The smallest absolute Gasteiger partial charge is 0.0128 e. The molecule has 0 radical (unpaired) electrons. The van der Waals surface area contributed by atoms with E-state index in [1.165, 1.54) is 19.3 Å². The summed E-state index contributed by atoms with van der Waals surface area (Å²) in [4.78, 5) is 0. The molecule has 0 amide bonds. The van der Waals surface area contributed by atoms with Crippen LogP contribution in [0.25, 0.3) is 0 Å². The second-order valence-electron chi connectivity index (χ2n) is 5.27. The molecule has 0 fully saturated rings. The van der Waals surface area contributed by atoms with Gasteiger partial charge in [-0.25, -0.2) is 0 Å². The third kappa shape index (κ3) is 2.23. The molecule has 2 rings (SSSR count). The maximum atomic E-state index is 3.40. The molecule has 1 unspecified atom stereocenters. The second kappa shape index (κ2) is 3.97. The van der Waals surface area contributed by atoms with Gasteiger partial charge in [0, 0.05) is 5.54 Å². The Morgan fingerprint density at radius 3 is 2.80 bits per heavy atom. The van der Waals surface area contributed by atoms with Crippen LogP contribution in [0.15, 0.2) is 24.3 Å². The predicted octanol–water partition coefficient (Wildman–Crippen LogP) is 3.10. The monoisotopic (exact) mass is 203 g/mol. The molecule has 82 valence electrons. The van der Waals surface area contributed by atoms with Crippen molar-refractivity contribution >= 4 is 0 Å². The van der Waals surface area contributed by atoms with Crippen LogP contribution in [0.4, 0.5) is 0 Å². The maximum Gasteiger partial charge on any atom is 0.0128 e. The average Bonchev–Trinajstić information content (AvgIpc) is 2.62. The number of hydrogen-bond acceptors (Lipinski definition) is 1. The van der Waals surface area contributed by atoms with Gasteiger partial charge in [-0.3, -0.25) is 0 Å². The highest BCUT2D eigenvalue weighted by Crippen LogP contribution is 2.37. The first-order chi connectivity index (χ1) is 7.12. The van der Waals surface area contributed by atoms with Gasteiger partial charge in [-0.2, -0.15) is 0 Å². The average molecular weight is 203 g/mol. The molecule has 1 nitrogen and oxygen atoms in total. The Hall–Kier alpha value is -0.820. The first-order valence-corrected chi connectivity index (χ1v) is 5.89. The molecule has 0 bridgehead atoms. The SMILES string of the molecule is CNC(C)(C)CC1CCc2ccccc21. The molecule has 1 N–H and O–H groups in total. The van der Waals surface area contributed by atoms with Gasteiger partial charge in [0.2, 0.25) is 0 Å². The van der Waals surface area contributed by atoms with Gasteiger partial charge in [0.05, 0.1) is 0 Å². The molecule has 1 aromatic carbocycles. The van der Waals surface area contributed by atoms with E-state index >= 15 is 0 Å². The topological polar surface area (TPSA) is 12.0 Å². The van der Waals surface area contributed by atoms with Crippen LogP contribution >= 0.6 is 0 Å². The third-order valence-corrected chi connectivity index (χ3v) is 3.69. The molecule has 0 heterocycles. The third-order valence-electron chi connectivity index (χ3n) is 3.69. The molecule has 1 aromatic rings. The minimum atomic E-state index is 0.252. The predicted molar refractivity (Wildman–Crippen MR) is 65.3 cm³/mol. The van der Waals surface area contributed by atoms with E-state index in [1.54, 1.807) is 11.1 Å². The minimum absolute atomic E-state index is 0.252. The normalized spacial score (nSPS) is 20.3. The first-order valence-electron chi connectivity index (χ1n) is 5.89. The number of aryl methyl sites for hydroxylation is 1. The highest BCUT2D eigenvalue weighted by Gasteiger charge is 2.27. The van der Waals surface area contributed by atoms with Crippen LogP contribution in [0.3, 0.4) is 0 Å². The van der Waals surface area contributed by atoms with E-state index in [1.807, 2.05) is 0 Å². The van der Waals surface area contributed by atoms with Crippen LogP contribution in [0.5, 0.6) is 0 Å². The lowest BCUT2D eigenvalue weighted by molar-refractivity contribution is 0.357. The lowest BCUT2D eigenvalue weighted by Gasteiger charge is -2.28. The standard InChI is InChI=1S/C14H21N/c1-14(2,15-3)10-12-9-8-11-6-4-5-7-13(11)12/h4-7,12,15H,8-10H2,1-3H3. The molecule has 0 spiro atoms. The zero-order chi connectivity index (χ0) is 10.9. The van der Waals surface area contributed by atoms with Gasteiger partial charge in [-0.05, 0) is 57.2 Å². The van der Waals surface area contributed by atoms with E-state index in [0.717, 1.165) is 5.92 Å². The Morgan fingerprint density at radius 2 is 2.07 bits per heavy atom. The number of hydrogen-bond donors (Lipinski definition) is 1. The van der Waals surface area contributed by atoms with Crippen LogP contribution in [0.2, 0.25) is 0 Å². The Balaban J connectivity index is 2.14. The molecule has 1 heteroatoms. The first kappa shape index (κ1) is 10.7. The van der Waals surface area contributed by atoms with Gasteiger partial charge in [-0.15, -0.1) is 0 Å². The van der Waals surface area contributed by atoms with Crippen LogP contribution in [-0.4, -0.2) is 12.6 Å². The van der Waals surface area contributed by atoms with Gasteiger partial charge >= 0.3 is 0 Å². The van der Waals surface area contributed by atoms with Gasteiger partial charge in [0.25, 0.3) is 0 Å². The van der Waals surface area contributed by atoms with Gasteiger partial charge in [0.15, 0.2) is 0 Å². The molecule has 0 saturated carbocycles. The molecular weight excluding hydrogens is 182 g/mol. The molecule has 0 saturated heterocycles. The largest absolute Gasteiger partial charge is 0.315 e. The molecule has 0 aromatic heterocycles. The zero-order valence-electron chi connectivity index (χ0n) is 10.0. The summed E-state index contributed by atoms with van der Waals surface area (Å²) in [6.07, 6.45) is 3.83. The fraction of sp³-hybridized carbons (Fsp3) is 0.571. The van der Waals surface area contributed by atoms with Crippen molar-refractivity contribution in [3.05, 3.63) is 35.4 Å². The summed E-state index contributed by atoms with van der Waals surface area (Å²) in [5, 5.41) is 3.40. The lowest BCUT2D eigenvalue weighted by Crippen LogP contribution is -2.37. The summed E-state index contributed by atoms with van der Waals surface area (Å²) in [5.41, 5.74) is 3.40. The van der Waals surface area contributed by atoms with E-state index in [0.29, 0.717) is 0 Å². The quantitative estimate of drug-likeness (QED) is 0.796. The van der Waals surface area contributed by atoms with E-state index < -0.39 is 0 Å². The van der Waals surface area contributed by atoms with Crippen molar-refractivity contribution in [3.8, 4) is 0 Å². The summed E-state index contributed by atoms with van der Waals surface area (Å²) in [6, 6.07) is 8.91. The highest BCUT2D eigenvalue weighted by molar-refractivity contribution is 5.35. The van der Waals surface area contributed by atoms with Crippen LogP contribution < -0.4 is 5.32 Å². The van der Waals surface area contributed by atoms with Crippen LogP contribution in [-0.2, 0) is 6.42 Å². The molecule has 1 atom stereocenters. The van der Waals surface area contributed by atoms with E-state index in [4.69, 9.17) is 0 Å². The van der Waals surface area contributed by atoms with Crippen LogP contribution in [0, 0.1) is 0 Å². The zero-order valence-corrected chi connectivity index (χ0v) is 10.0. The van der Waals surface area contributed by atoms with Gasteiger partial charge in [0.1, 0.15) is 0 Å². The Morgan fingerprint density at radius 1 is 1.33 bits per heavy atom. The summed E-state index contributed by atoms with van der Waals surface area (Å²) in [6.45, 7) is 4.57. The molecule has 15 heavy (non-hydrogen) atoms. The minimum Gasteiger partial charge on any atom is -0.315 e. The van der Waals surface area contributed by atoms with Crippen molar-refractivity contribution in [1.82, 2.24) is 5.32 Å². The Bertz CT molecular complexity index is 341. The van der Waals surface area contributed by atoms with Crippen molar-refractivity contribution in [2.45, 2.75) is 44.6 Å². The fourth-order valence-corrected chi connectivity index (χ4v) is 2.58. The summed E-state index contributed by atoms with van der Waals surface area (Å²) >= 11 is 0. The Labute approximate surface area is 92.9 Å². The Kier molecular flexibility index (Phi) is 2.83. The molecule has 0 aliphatic heterocycles. The van der Waals surface area contributed by atoms with Crippen molar-refractivity contribution in [2.75, 3.05) is 7.05 Å². The number of rotatable bonds is 3. The molecule has 1 aliphatic rings. The van der Waals surface area contributed by atoms with E-state index in [9.17, 15) is 0 Å². The van der Waals surface area contributed by atoms with Gasteiger partial charge < -0.3 is 5.32 Å². The molecular formula is C14H21N. The van der Waals surface area contributed by atoms with Gasteiger partial charge in [-0.1, -0.05) is 24.3 Å². The number of nitrogens with one attached hydrogen (secondary N) is 1. The molecule has 1 aliphatic carbocycles. The van der Waals surface area contributed by atoms with Crippen molar-refractivity contribution < 1.29 is 0 Å². The summed E-state index contributed by atoms with van der Waals surface area (Å²) in [7, 11) is 2.06. The number of fused-ring (bicyclic) bond motifs is 1. The van der Waals surface area contributed by atoms with Crippen LogP contribution in [0.1, 0.15) is 43.7 Å². The summed E-state index contributed by atoms with van der Waals surface area (Å²) in [5.74, 6) is 0.753. The van der Waals surface area contributed by atoms with Crippen molar-refractivity contribution in [1.29, 1.82) is 0 Å². The number of benzene rings is 1. The fourth-order valence-electron chi connectivity index (χ4n) is 2.58. The summed E-state index contributed by atoms with van der Waals surface area (Å²) < 4.78 is 0. The highest BCUT2D eigenvalue weighted by atomic mass is 14.9. The second-order valence-corrected chi connectivity index (χ2v) is 5.27. The lowest BCUT2D eigenvalue weighted by atomic mass is 9.87. The van der Waals surface area contributed by atoms with E-state index in [2.05, 4.69) is 50.5 Å². The maximum absolute atomic E-state index is 3.40.